The van der Waals surface area contributed by atoms with Crippen molar-refractivity contribution in [1.29, 1.82) is 0 Å². The molecule has 1 amide bonds. The van der Waals surface area contributed by atoms with Crippen LogP contribution in [0.2, 0.25) is 0 Å². The van der Waals surface area contributed by atoms with Crippen molar-refractivity contribution < 1.29 is 14.7 Å². The minimum absolute atomic E-state index is 0.0114. The van der Waals surface area contributed by atoms with E-state index in [0.29, 0.717) is 21.9 Å². The van der Waals surface area contributed by atoms with Crippen molar-refractivity contribution in [1.82, 2.24) is 9.55 Å². The fourth-order valence-electron chi connectivity index (χ4n) is 3.41. The van der Waals surface area contributed by atoms with Crippen molar-refractivity contribution in [3.05, 3.63) is 80.5 Å². The van der Waals surface area contributed by atoms with Gasteiger partial charge in [0.25, 0.3) is 5.56 Å². The van der Waals surface area contributed by atoms with Crippen molar-refractivity contribution in [2.45, 2.75) is 27.3 Å². The number of anilines is 1. The van der Waals surface area contributed by atoms with Gasteiger partial charge in [-0.05, 0) is 44.0 Å². The number of thiophene rings is 1. The Bertz CT molecular complexity index is 1420. The summed E-state index contributed by atoms with van der Waals surface area (Å²) in [4.78, 5) is 42.7. The molecule has 0 fully saturated rings. The summed E-state index contributed by atoms with van der Waals surface area (Å²) in [5, 5.41) is 13.7. The number of carboxylic acid groups (broad SMARTS) is 1. The van der Waals surface area contributed by atoms with Gasteiger partial charge in [0.1, 0.15) is 17.2 Å². The Morgan fingerprint density at radius 3 is 2.44 bits per heavy atom. The van der Waals surface area contributed by atoms with Gasteiger partial charge in [-0.1, -0.05) is 35.9 Å². The van der Waals surface area contributed by atoms with Crippen molar-refractivity contribution in [3.63, 3.8) is 0 Å². The van der Waals surface area contributed by atoms with Crippen LogP contribution in [0, 0.1) is 20.8 Å². The highest BCUT2D eigenvalue weighted by Gasteiger charge is 2.21. The lowest BCUT2D eigenvalue weighted by atomic mass is 10.1. The van der Waals surface area contributed by atoms with Crippen molar-refractivity contribution in [2.75, 3.05) is 5.32 Å². The summed E-state index contributed by atoms with van der Waals surface area (Å²) in [6.07, 6.45) is 0. The molecular formula is C24H21N3O4S. The van der Waals surface area contributed by atoms with Crippen molar-refractivity contribution in [2.24, 2.45) is 0 Å². The zero-order valence-electron chi connectivity index (χ0n) is 17.8. The molecule has 2 heterocycles. The van der Waals surface area contributed by atoms with Gasteiger partial charge in [-0.25, -0.2) is 9.78 Å². The minimum atomic E-state index is -1.20. The van der Waals surface area contributed by atoms with E-state index in [2.05, 4.69) is 10.3 Å². The van der Waals surface area contributed by atoms with E-state index >= 15 is 0 Å². The Morgan fingerprint density at radius 1 is 1.06 bits per heavy atom. The molecule has 0 aliphatic carbocycles. The van der Waals surface area contributed by atoms with Crippen LogP contribution in [0.25, 0.3) is 21.6 Å². The molecule has 0 aliphatic heterocycles. The summed E-state index contributed by atoms with van der Waals surface area (Å²) in [5.41, 5.74) is 3.81. The lowest BCUT2D eigenvalue weighted by Crippen LogP contribution is -2.30. The average Bonchev–Trinajstić information content (AvgIpc) is 3.18. The van der Waals surface area contributed by atoms with Gasteiger partial charge in [0, 0.05) is 16.6 Å². The number of nitrogens with zero attached hydrogens (tertiary/aromatic N) is 2. The zero-order chi connectivity index (χ0) is 23.0. The van der Waals surface area contributed by atoms with E-state index in [-0.39, 0.29) is 17.5 Å². The number of amides is 1. The minimum Gasteiger partial charge on any atom is -0.478 e. The Morgan fingerprint density at radius 2 is 1.78 bits per heavy atom. The second kappa shape index (κ2) is 8.39. The van der Waals surface area contributed by atoms with Gasteiger partial charge < -0.3 is 10.4 Å². The number of rotatable bonds is 5. The summed E-state index contributed by atoms with van der Waals surface area (Å²) in [6.45, 7) is 5.58. The molecule has 0 saturated heterocycles. The number of nitrogens with one attached hydrogen (secondary N) is 1. The van der Waals surface area contributed by atoms with Crippen LogP contribution in [-0.2, 0) is 11.3 Å². The smallest absolute Gasteiger partial charge is 0.337 e. The molecule has 32 heavy (non-hydrogen) atoms. The number of carbonyl (C=O) groups is 2. The van der Waals surface area contributed by atoms with Crippen molar-refractivity contribution in [3.8, 4) is 11.4 Å². The van der Waals surface area contributed by atoms with Gasteiger partial charge in [-0.3, -0.25) is 14.2 Å². The van der Waals surface area contributed by atoms with E-state index in [0.717, 1.165) is 28.0 Å². The van der Waals surface area contributed by atoms with Crippen LogP contribution in [0.15, 0.2) is 52.6 Å². The number of hydrogen-bond acceptors (Lipinski definition) is 5. The standard InChI is InChI=1S/C24H21N3O4S/c1-13-4-7-16(8-5-13)21-26-22-20(18(12-32-22)24(30)31)23(29)27(21)11-19(28)25-17-9-6-14(2)15(3)10-17/h4-10,12H,11H2,1-3H3,(H,25,28)(H,30,31). The van der Waals surface area contributed by atoms with Crippen LogP contribution >= 0.6 is 11.3 Å². The number of carbonyl (C=O) groups excluding carboxylic acids is 1. The molecule has 0 aliphatic rings. The number of aryl methyl sites for hydroxylation is 3. The van der Waals surface area contributed by atoms with Gasteiger partial charge in [0.2, 0.25) is 5.91 Å². The SMILES string of the molecule is Cc1ccc(-c2nc3scc(C(=O)O)c3c(=O)n2CC(=O)Nc2ccc(C)c(C)c2)cc1. The van der Waals surface area contributed by atoms with Crippen LogP contribution in [0.5, 0.6) is 0 Å². The summed E-state index contributed by atoms with van der Waals surface area (Å²) >= 11 is 1.10. The van der Waals surface area contributed by atoms with Gasteiger partial charge in [-0.2, -0.15) is 0 Å². The maximum absolute atomic E-state index is 13.3. The highest BCUT2D eigenvalue weighted by molar-refractivity contribution is 7.17. The number of benzene rings is 2. The summed E-state index contributed by atoms with van der Waals surface area (Å²) in [5.74, 6) is -1.29. The maximum Gasteiger partial charge on any atom is 0.337 e. The van der Waals surface area contributed by atoms with E-state index in [4.69, 9.17) is 0 Å². The Labute approximate surface area is 188 Å². The first-order valence-electron chi connectivity index (χ1n) is 9.94. The molecule has 0 bridgehead atoms. The van der Waals surface area contributed by atoms with E-state index in [1.54, 1.807) is 6.07 Å². The number of hydrogen-bond donors (Lipinski definition) is 2. The summed E-state index contributed by atoms with van der Waals surface area (Å²) in [7, 11) is 0. The van der Waals surface area contributed by atoms with Crippen LogP contribution in [0.1, 0.15) is 27.0 Å². The Balaban J connectivity index is 1.81. The second-order valence-corrected chi connectivity index (χ2v) is 8.53. The third kappa shape index (κ3) is 4.04. The maximum atomic E-state index is 13.3. The van der Waals surface area contributed by atoms with Crippen LogP contribution in [-0.4, -0.2) is 26.5 Å². The number of carboxylic acids is 1. The van der Waals surface area contributed by atoms with Crippen LogP contribution in [0.3, 0.4) is 0 Å². The molecule has 162 valence electrons. The van der Waals surface area contributed by atoms with E-state index < -0.39 is 17.4 Å². The Hall–Kier alpha value is -3.78. The molecule has 4 rings (SSSR count). The fourth-order valence-corrected chi connectivity index (χ4v) is 4.32. The van der Waals surface area contributed by atoms with Crippen LogP contribution in [0.4, 0.5) is 5.69 Å². The normalized spacial score (nSPS) is 11.0. The molecule has 2 aromatic carbocycles. The molecule has 0 saturated carbocycles. The molecule has 2 aromatic heterocycles. The largest absolute Gasteiger partial charge is 0.478 e. The molecule has 8 heteroatoms. The highest BCUT2D eigenvalue weighted by atomic mass is 32.1. The van der Waals surface area contributed by atoms with Gasteiger partial charge >= 0.3 is 5.97 Å². The zero-order valence-corrected chi connectivity index (χ0v) is 18.6. The quantitative estimate of drug-likeness (QED) is 0.473. The van der Waals surface area contributed by atoms with E-state index in [9.17, 15) is 19.5 Å². The topological polar surface area (TPSA) is 101 Å². The third-order valence-electron chi connectivity index (χ3n) is 5.33. The number of aromatic nitrogens is 2. The third-order valence-corrected chi connectivity index (χ3v) is 6.20. The van der Waals surface area contributed by atoms with E-state index in [1.165, 1.54) is 9.95 Å². The van der Waals surface area contributed by atoms with Crippen molar-refractivity contribution >= 4 is 39.1 Å². The monoisotopic (exact) mass is 447 g/mol. The predicted octanol–water partition coefficient (Wildman–Crippen LogP) is 4.39. The molecular weight excluding hydrogens is 426 g/mol. The Kier molecular flexibility index (Phi) is 5.63. The predicted molar refractivity (Wildman–Crippen MR) is 126 cm³/mol. The van der Waals surface area contributed by atoms with Gasteiger partial charge in [-0.15, -0.1) is 11.3 Å². The highest BCUT2D eigenvalue weighted by Crippen LogP contribution is 2.26. The lowest BCUT2D eigenvalue weighted by Gasteiger charge is -2.14. The lowest BCUT2D eigenvalue weighted by molar-refractivity contribution is -0.116. The molecule has 7 nitrogen and oxygen atoms in total. The van der Waals surface area contributed by atoms with E-state index in [1.807, 2.05) is 57.2 Å². The molecule has 0 atom stereocenters. The first-order chi connectivity index (χ1) is 15.2. The van der Waals surface area contributed by atoms with Gasteiger partial charge in [0.15, 0.2) is 0 Å². The first kappa shape index (κ1) is 21.5. The second-order valence-electron chi connectivity index (χ2n) is 7.67. The number of aromatic carboxylic acids is 1. The van der Waals surface area contributed by atoms with Gasteiger partial charge in [0.05, 0.1) is 10.9 Å². The number of fused-ring (bicyclic) bond motifs is 1. The first-order valence-corrected chi connectivity index (χ1v) is 10.8. The summed E-state index contributed by atoms with van der Waals surface area (Å²) in [6, 6.07) is 13.0. The average molecular weight is 448 g/mol. The molecule has 2 N–H and O–H groups in total. The molecule has 4 aromatic rings. The summed E-state index contributed by atoms with van der Waals surface area (Å²) < 4.78 is 1.24. The molecule has 0 spiro atoms. The molecule has 0 radical (unpaired) electrons. The fraction of sp³-hybridized carbons (Fsp3) is 0.167. The molecule has 0 unspecified atom stereocenters. The van der Waals surface area contributed by atoms with Crippen LogP contribution < -0.4 is 10.9 Å².